The molecule has 0 atom stereocenters. The maximum absolute atomic E-state index is 5.66. The molecule has 1 aromatic rings. The lowest BCUT2D eigenvalue weighted by Gasteiger charge is -2.25. The third-order valence-corrected chi connectivity index (χ3v) is 4.92. The topological polar surface area (TPSA) is 68.0 Å². The Morgan fingerprint density at radius 2 is 2.04 bits per heavy atom. The average Bonchev–Trinajstić information content (AvgIpc) is 3.28. The Hall–Kier alpha value is -1.53. The minimum atomic E-state index is -0.479. The second kappa shape index (κ2) is 9.25. The van der Waals surface area contributed by atoms with Gasteiger partial charge in [0.05, 0.1) is 19.5 Å². The highest BCUT2D eigenvalue weighted by Gasteiger charge is 2.30. The van der Waals surface area contributed by atoms with Gasteiger partial charge in [-0.1, -0.05) is 19.3 Å². The van der Waals surface area contributed by atoms with Crippen molar-refractivity contribution in [1.82, 2.24) is 10.6 Å². The maximum Gasteiger partial charge on any atom is 0.191 e. The van der Waals surface area contributed by atoms with E-state index < -0.39 is 5.79 Å². The Morgan fingerprint density at radius 3 is 2.76 bits per heavy atom. The molecule has 1 aliphatic carbocycles. The number of nitrogens with zero attached hydrogens (tertiary/aromatic N) is 1. The molecular formula is C19H31N3O3. The van der Waals surface area contributed by atoms with Crippen molar-refractivity contribution in [3.05, 3.63) is 24.2 Å². The van der Waals surface area contributed by atoms with Crippen molar-refractivity contribution in [2.75, 3.05) is 26.3 Å². The molecule has 0 bridgehead atoms. The van der Waals surface area contributed by atoms with Crippen LogP contribution in [0.15, 0.2) is 27.8 Å². The maximum atomic E-state index is 5.66. The molecule has 25 heavy (non-hydrogen) atoms. The number of hydrogen-bond acceptors (Lipinski definition) is 4. The van der Waals surface area contributed by atoms with Crippen LogP contribution in [-0.2, 0) is 15.9 Å². The van der Waals surface area contributed by atoms with Gasteiger partial charge in [0.15, 0.2) is 11.7 Å². The first-order chi connectivity index (χ1) is 12.2. The molecule has 2 aliphatic rings. The van der Waals surface area contributed by atoms with Crippen molar-refractivity contribution in [3.8, 4) is 0 Å². The highest BCUT2D eigenvalue weighted by molar-refractivity contribution is 5.80. The fourth-order valence-corrected chi connectivity index (χ4v) is 3.42. The monoisotopic (exact) mass is 349 g/mol. The predicted octanol–water partition coefficient (Wildman–Crippen LogP) is 2.84. The van der Waals surface area contributed by atoms with Crippen LogP contribution in [0.4, 0.5) is 0 Å². The molecule has 0 aromatic carbocycles. The lowest BCUT2D eigenvalue weighted by Crippen LogP contribution is -2.45. The number of hydrogen-bond donors (Lipinski definition) is 2. The number of rotatable bonds is 7. The molecule has 6 nitrogen and oxygen atoms in total. The molecule has 1 aliphatic heterocycles. The van der Waals surface area contributed by atoms with Crippen LogP contribution in [-0.4, -0.2) is 44.1 Å². The summed E-state index contributed by atoms with van der Waals surface area (Å²) in [5, 5.41) is 7.04. The van der Waals surface area contributed by atoms with Crippen LogP contribution in [0.5, 0.6) is 0 Å². The van der Waals surface area contributed by atoms with Crippen molar-refractivity contribution >= 4 is 5.96 Å². The van der Waals surface area contributed by atoms with Gasteiger partial charge in [0.25, 0.3) is 0 Å². The van der Waals surface area contributed by atoms with Crippen molar-refractivity contribution in [3.63, 3.8) is 0 Å². The van der Waals surface area contributed by atoms with E-state index in [-0.39, 0.29) is 0 Å². The Kier molecular flexibility index (Phi) is 6.76. The van der Waals surface area contributed by atoms with E-state index in [1.165, 1.54) is 32.1 Å². The van der Waals surface area contributed by atoms with Gasteiger partial charge in [0, 0.05) is 32.0 Å². The molecule has 140 valence electrons. The standard InChI is InChI=1S/C19H31N3O3/c1-19(24-14-15-25-19)10-12-21-18(22-16-6-3-2-4-7-16)20-11-9-17-8-5-13-23-17/h5,8,13,16H,2-4,6-7,9-12,14-15H2,1H3,(H2,20,21,22). The zero-order valence-corrected chi connectivity index (χ0v) is 15.3. The van der Waals surface area contributed by atoms with Crippen LogP contribution in [0.2, 0.25) is 0 Å². The highest BCUT2D eigenvalue weighted by atomic mass is 16.7. The Balaban J connectivity index is 1.49. The highest BCUT2D eigenvalue weighted by Crippen LogP contribution is 2.22. The fraction of sp³-hybridized carbons (Fsp3) is 0.737. The third-order valence-electron chi connectivity index (χ3n) is 4.92. The summed E-state index contributed by atoms with van der Waals surface area (Å²) in [7, 11) is 0. The summed E-state index contributed by atoms with van der Waals surface area (Å²) in [5.74, 6) is 1.40. The van der Waals surface area contributed by atoms with Gasteiger partial charge in [-0.15, -0.1) is 0 Å². The minimum Gasteiger partial charge on any atom is -0.469 e. The van der Waals surface area contributed by atoms with E-state index in [1.807, 2.05) is 19.1 Å². The molecule has 0 unspecified atom stereocenters. The molecule has 1 aromatic heterocycles. The molecule has 2 fully saturated rings. The number of aliphatic imine (C=N–C) groups is 1. The van der Waals surface area contributed by atoms with Crippen molar-refractivity contribution in [2.24, 2.45) is 4.99 Å². The van der Waals surface area contributed by atoms with Crippen molar-refractivity contribution in [2.45, 2.75) is 63.7 Å². The van der Waals surface area contributed by atoms with Crippen molar-refractivity contribution in [1.29, 1.82) is 0 Å². The average molecular weight is 349 g/mol. The summed E-state index contributed by atoms with van der Waals surface area (Å²) in [5.41, 5.74) is 0. The lowest BCUT2D eigenvalue weighted by atomic mass is 9.96. The SMILES string of the molecule is CC1(CCN=C(NCCc2ccco2)NC2CCCCC2)OCCO1. The van der Waals surface area contributed by atoms with E-state index in [0.29, 0.717) is 25.8 Å². The summed E-state index contributed by atoms with van der Waals surface area (Å²) >= 11 is 0. The molecule has 0 spiro atoms. The zero-order valence-electron chi connectivity index (χ0n) is 15.3. The van der Waals surface area contributed by atoms with Gasteiger partial charge in [-0.05, 0) is 31.9 Å². The Labute approximate surface area is 150 Å². The number of furan rings is 1. The van der Waals surface area contributed by atoms with Crippen LogP contribution in [0.1, 0.15) is 51.2 Å². The summed E-state index contributed by atoms with van der Waals surface area (Å²) in [4.78, 5) is 4.75. The summed E-state index contributed by atoms with van der Waals surface area (Å²) in [6, 6.07) is 4.45. The Bertz CT molecular complexity index is 518. The van der Waals surface area contributed by atoms with E-state index >= 15 is 0 Å². The van der Waals surface area contributed by atoms with Gasteiger partial charge in [-0.3, -0.25) is 4.99 Å². The lowest BCUT2D eigenvalue weighted by molar-refractivity contribution is -0.144. The smallest absolute Gasteiger partial charge is 0.191 e. The predicted molar refractivity (Wildman–Crippen MR) is 97.7 cm³/mol. The van der Waals surface area contributed by atoms with Gasteiger partial charge in [-0.25, -0.2) is 0 Å². The van der Waals surface area contributed by atoms with E-state index in [0.717, 1.165) is 31.1 Å². The van der Waals surface area contributed by atoms with Crippen LogP contribution in [0, 0.1) is 0 Å². The molecule has 3 rings (SSSR count). The van der Waals surface area contributed by atoms with E-state index in [2.05, 4.69) is 10.6 Å². The van der Waals surface area contributed by atoms with Crippen LogP contribution in [0.3, 0.4) is 0 Å². The van der Waals surface area contributed by atoms with Gasteiger partial charge in [-0.2, -0.15) is 0 Å². The first-order valence-electron chi connectivity index (χ1n) is 9.59. The largest absolute Gasteiger partial charge is 0.469 e. The normalized spacial score (nSPS) is 21.4. The molecular weight excluding hydrogens is 318 g/mol. The van der Waals surface area contributed by atoms with Crippen LogP contribution in [0.25, 0.3) is 0 Å². The molecule has 6 heteroatoms. The molecule has 2 N–H and O–H groups in total. The molecule has 1 saturated carbocycles. The van der Waals surface area contributed by atoms with Gasteiger partial charge in [0.2, 0.25) is 0 Å². The molecule has 1 saturated heterocycles. The van der Waals surface area contributed by atoms with Gasteiger partial charge >= 0.3 is 0 Å². The number of nitrogens with one attached hydrogen (secondary N) is 2. The molecule has 2 heterocycles. The minimum absolute atomic E-state index is 0.479. The Morgan fingerprint density at radius 1 is 1.24 bits per heavy atom. The molecule has 0 radical (unpaired) electrons. The van der Waals surface area contributed by atoms with Gasteiger partial charge in [0.1, 0.15) is 5.76 Å². The first kappa shape index (κ1) is 18.3. The van der Waals surface area contributed by atoms with Crippen molar-refractivity contribution < 1.29 is 13.9 Å². The first-order valence-corrected chi connectivity index (χ1v) is 9.59. The summed E-state index contributed by atoms with van der Waals surface area (Å²) in [6.07, 6.45) is 9.74. The quantitative estimate of drug-likeness (QED) is 0.585. The van der Waals surface area contributed by atoms with Crippen LogP contribution >= 0.6 is 0 Å². The summed E-state index contributed by atoms with van der Waals surface area (Å²) < 4.78 is 16.7. The second-order valence-corrected chi connectivity index (χ2v) is 7.05. The molecule has 0 amide bonds. The second-order valence-electron chi connectivity index (χ2n) is 7.05. The van der Waals surface area contributed by atoms with E-state index in [9.17, 15) is 0 Å². The fourth-order valence-electron chi connectivity index (χ4n) is 3.42. The van der Waals surface area contributed by atoms with E-state index in [1.54, 1.807) is 6.26 Å². The number of ether oxygens (including phenoxy) is 2. The van der Waals surface area contributed by atoms with Gasteiger partial charge < -0.3 is 24.5 Å². The zero-order chi connectivity index (χ0) is 17.4. The summed E-state index contributed by atoms with van der Waals surface area (Å²) in [6.45, 7) is 4.83. The van der Waals surface area contributed by atoms with Crippen LogP contribution < -0.4 is 10.6 Å². The number of guanidine groups is 1. The van der Waals surface area contributed by atoms with E-state index in [4.69, 9.17) is 18.9 Å². The third kappa shape index (κ3) is 6.04.